The van der Waals surface area contributed by atoms with E-state index in [1.807, 2.05) is 42.5 Å². The smallest absolute Gasteiger partial charge is 0.243 e. The highest BCUT2D eigenvalue weighted by Crippen LogP contribution is 2.24. The lowest BCUT2D eigenvalue weighted by atomic mass is 10.1. The number of hydrogen-bond acceptors (Lipinski definition) is 6. The minimum atomic E-state index is -3.46. The van der Waals surface area contributed by atoms with Crippen molar-refractivity contribution in [1.82, 2.24) is 14.5 Å². The standard InChI is InChI=1S/C21H22N4O3S/c1-28-18-7-5-6-17(16-18)20-10-11-21(23-22-20)24-12-14-25(15-13-24)29(26,27)19-8-3-2-4-9-19/h2-11,16H,12-15H2,1H3. The molecule has 0 atom stereocenters. The molecule has 0 spiro atoms. The third-order valence-electron chi connectivity index (χ3n) is 4.96. The lowest BCUT2D eigenvalue weighted by Gasteiger charge is -2.34. The van der Waals surface area contributed by atoms with Gasteiger partial charge in [-0.3, -0.25) is 0 Å². The first-order valence-corrected chi connectivity index (χ1v) is 10.8. The van der Waals surface area contributed by atoms with E-state index in [2.05, 4.69) is 15.1 Å². The molecule has 8 heteroatoms. The normalized spacial score (nSPS) is 15.3. The van der Waals surface area contributed by atoms with E-state index in [0.29, 0.717) is 31.1 Å². The van der Waals surface area contributed by atoms with Crippen LogP contribution in [-0.4, -0.2) is 56.2 Å². The van der Waals surface area contributed by atoms with E-state index in [4.69, 9.17) is 4.74 Å². The number of hydrogen-bond donors (Lipinski definition) is 0. The molecule has 1 aliphatic rings. The maximum absolute atomic E-state index is 12.8. The first kappa shape index (κ1) is 19.4. The number of nitrogens with zero attached hydrogens (tertiary/aromatic N) is 4. The fraction of sp³-hybridized carbons (Fsp3) is 0.238. The summed E-state index contributed by atoms with van der Waals surface area (Å²) in [6.45, 7) is 1.96. The van der Waals surface area contributed by atoms with Crippen molar-refractivity contribution < 1.29 is 13.2 Å². The zero-order valence-corrected chi connectivity index (χ0v) is 16.9. The van der Waals surface area contributed by atoms with Crippen LogP contribution >= 0.6 is 0 Å². The molecule has 1 saturated heterocycles. The summed E-state index contributed by atoms with van der Waals surface area (Å²) in [5, 5.41) is 8.68. The SMILES string of the molecule is COc1cccc(-c2ccc(N3CCN(S(=O)(=O)c4ccccc4)CC3)nn2)c1. The molecule has 0 amide bonds. The van der Waals surface area contributed by atoms with Gasteiger partial charge in [0, 0.05) is 31.7 Å². The van der Waals surface area contributed by atoms with E-state index in [1.54, 1.807) is 31.4 Å². The number of ether oxygens (including phenoxy) is 1. The van der Waals surface area contributed by atoms with Crippen LogP contribution in [-0.2, 0) is 10.0 Å². The van der Waals surface area contributed by atoms with Crippen molar-refractivity contribution in [2.75, 3.05) is 38.2 Å². The second-order valence-corrected chi connectivity index (χ2v) is 8.65. The highest BCUT2D eigenvalue weighted by Gasteiger charge is 2.28. The third-order valence-corrected chi connectivity index (χ3v) is 6.87. The molecule has 0 aliphatic carbocycles. The molecular formula is C21H22N4O3S. The highest BCUT2D eigenvalue weighted by molar-refractivity contribution is 7.89. The van der Waals surface area contributed by atoms with Crippen LogP contribution in [0.25, 0.3) is 11.3 Å². The van der Waals surface area contributed by atoms with Gasteiger partial charge in [0.2, 0.25) is 10.0 Å². The number of piperazine rings is 1. The lowest BCUT2D eigenvalue weighted by molar-refractivity contribution is 0.383. The van der Waals surface area contributed by atoms with Crippen LogP contribution in [0.5, 0.6) is 5.75 Å². The number of sulfonamides is 1. The molecule has 150 valence electrons. The Hall–Kier alpha value is -2.97. The van der Waals surface area contributed by atoms with Crippen molar-refractivity contribution in [3.63, 3.8) is 0 Å². The Morgan fingerprint density at radius 3 is 2.28 bits per heavy atom. The molecule has 4 rings (SSSR count). The molecule has 3 aromatic rings. The second-order valence-electron chi connectivity index (χ2n) is 6.71. The molecule has 1 aliphatic heterocycles. The van der Waals surface area contributed by atoms with Gasteiger partial charge >= 0.3 is 0 Å². The topological polar surface area (TPSA) is 75.6 Å². The molecular weight excluding hydrogens is 388 g/mol. The second kappa shape index (κ2) is 8.18. The van der Waals surface area contributed by atoms with Crippen molar-refractivity contribution >= 4 is 15.8 Å². The number of methoxy groups -OCH3 is 1. The fourth-order valence-corrected chi connectivity index (χ4v) is 4.77. The molecule has 1 aromatic heterocycles. The van der Waals surface area contributed by atoms with Gasteiger partial charge in [0.15, 0.2) is 5.82 Å². The first-order valence-electron chi connectivity index (χ1n) is 9.36. The quantitative estimate of drug-likeness (QED) is 0.644. The highest BCUT2D eigenvalue weighted by atomic mass is 32.2. The van der Waals surface area contributed by atoms with Crippen LogP contribution in [0.15, 0.2) is 71.6 Å². The molecule has 2 heterocycles. The largest absolute Gasteiger partial charge is 0.497 e. The van der Waals surface area contributed by atoms with Gasteiger partial charge in [-0.25, -0.2) is 8.42 Å². The monoisotopic (exact) mass is 410 g/mol. The molecule has 2 aromatic carbocycles. The summed E-state index contributed by atoms with van der Waals surface area (Å²) in [4.78, 5) is 2.38. The van der Waals surface area contributed by atoms with Crippen LogP contribution < -0.4 is 9.64 Å². The summed E-state index contributed by atoms with van der Waals surface area (Å²) >= 11 is 0. The van der Waals surface area contributed by atoms with Crippen LogP contribution in [0.2, 0.25) is 0 Å². The molecule has 0 N–H and O–H groups in total. The average Bonchev–Trinajstić information content (AvgIpc) is 2.80. The Bertz CT molecular complexity index is 1060. The van der Waals surface area contributed by atoms with Crippen LogP contribution in [0, 0.1) is 0 Å². The Balaban J connectivity index is 1.44. The van der Waals surface area contributed by atoms with E-state index >= 15 is 0 Å². The van der Waals surface area contributed by atoms with E-state index in [1.165, 1.54) is 4.31 Å². The Labute approximate surface area is 170 Å². The summed E-state index contributed by atoms with van der Waals surface area (Å²) in [6.07, 6.45) is 0. The molecule has 0 radical (unpaired) electrons. The zero-order chi connectivity index (χ0) is 20.3. The van der Waals surface area contributed by atoms with Crippen LogP contribution in [0.1, 0.15) is 0 Å². The number of rotatable bonds is 5. The summed E-state index contributed by atoms with van der Waals surface area (Å²) < 4.78 is 32.3. The minimum absolute atomic E-state index is 0.330. The Kier molecular flexibility index (Phi) is 5.46. The van der Waals surface area contributed by atoms with Gasteiger partial charge in [-0.2, -0.15) is 4.31 Å². The van der Waals surface area contributed by atoms with Gasteiger partial charge in [0.1, 0.15) is 5.75 Å². The van der Waals surface area contributed by atoms with Crippen molar-refractivity contribution in [3.8, 4) is 17.0 Å². The summed E-state index contributed by atoms with van der Waals surface area (Å²) in [6, 6.07) is 20.1. The van der Waals surface area contributed by atoms with Crippen molar-refractivity contribution in [2.24, 2.45) is 0 Å². The van der Waals surface area contributed by atoms with Crippen LogP contribution in [0.3, 0.4) is 0 Å². The van der Waals surface area contributed by atoms with E-state index in [-0.39, 0.29) is 0 Å². The third kappa shape index (κ3) is 4.08. The van der Waals surface area contributed by atoms with Gasteiger partial charge in [0.05, 0.1) is 17.7 Å². The number of aromatic nitrogens is 2. The maximum Gasteiger partial charge on any atom is 0.243 e. The summed E-state index contributed by atoms with van der Waals surface area (Å²) in [5.41, 5.74) is 1.69. The Morgan fingerprint density at radius 2 is 1.62 bits per heavy atom. The predicted octanol–water partition coefficient (Wildman–Crippen LogP) is 2.66. The molecule has 0 saturated carbocycles. The van der Waals surface area contributed by atoms with Gasteiger partial charge in [0.25, 0.3) is 0 Å². The molecule has 1 fully saturated rings. The zero-order valence-electron chi connectivity index (χ0n) is 16.1. The van der Waals surface area contributed by atoms with Crippen molar-refractivity contribution in [2.45, 2.75) is 4.90 Å². The molecule has 0 unspecified atom stereocenters. The van der Waals surface area contributed by atoms with Gasteiger partial charge in [-0.15, -0.1) is 10.2 Å². The summed E-state index contributed by atoms with van der Waals surface area (Å²) in [5.74, 6) is 1.51. The van der Waals surface area contributed by atoms with E-state index in [9.17, 15) is 8.42 Å². The summed E-state index contributed by atoms with van der Waals surface area (Å²) in [7, 11) is -1.83. The minimum Gasteiger partial charge on any atom is -0.497 e. The van der Waals surface area contributed by atoms with Gasteiger partial charge in [-0.05, 0) is 36.4 Å². The lowest BCUT2D eigenvalue weighted by Crippen LogP contribution is -2.48. The Morgan fingerprint density at radius 1 is 0.862 bits per heavy atom. The van der Waals surface area contributed by atoms with Gasteiger partial charge in [-0.1, -0.05) is 30.3 Å². The number of benzene rings is 2. The molecule has 7 nitrogen and oxygen atoms in total. The molecule has 29 heavy (non-hydrogen) atoms. The fourth-order valence-electron chi connectivity index (χ4n) is 3.33. The van der Waals surface area contributed by atoms with E-state index < -0.39 is 10.0 Å². The first-order chi connectivity index (χ1) is 14.1. The molecule has 0 bridgehead atoms. The van der Waals surface area contributed by atoms with Crippen molar-refractivity contribution in [3.05, 3.63) is 66.7 Å². The average molecular weight is 410 g/mol. The number of anilines is 1. The predicted molar refractivity (Wildman–Crippen MR) is 111 cm³/mol. The maximum atomic E-state index is 12.8. The van der Waals surface area contributed by atoms with Crippen molar-refractivity contribution in [1.29, 1.82) is 0 Å². The van der Waals surface area contributed by atoms with Crippen LogP contribution in [0.4, 0.5) is 5.82 Å². The van der Waals surface area contributed by atoms with E-state index in [0.717, 1.165) is 22.8 Å². The van der Waals surface area contributed by atoms with Gasteiger partial charge < -0.3 is 9.64 Å².